The Balaban J connectivity index is 0.889. The highest BCUT2D eigenvalue weighted by Crippen LogP contribution is 2.27. The molecule has 330 valence electrons. The Morgan fingerprint density at radius 3 is 0.530 bits per heavy atom. The minimum absolute atomic E-state index is 0.117. The van der Waals surface area contributed by atoms with E-state index in [4.69, 9.17) is 59.9 Å². The Labute approximate surface area is 386 Å². The Hall–Kier alpha value is -7.08. The number of hydrogen-bond donors (Lipinski definition) is 0. The van der Waals surface area contributed by atoms with Crippen LogP contribution in [0.1, 0.15) is 110 Å². The lowest BCUT2D eigenvalue weighted by atomic mass is 9.91. The van der Waals surface area contributed by atoms with Crippen LogP contribution in [0.25, 0.3) is 34.2 Å². The second-order valence-corrected chi connectivity index (χ2v) is 17.8. The first-order chi connectivity index (χ1) is 32.6. The summed E-state index contributed by atoms with van der Waals surface area (Å²) in [6.45, 7) is 0. The molecule has 0 radical (unpaired) electrons. The van der Waals surface area contributed by atoms with Crippen molar-refractivity contribution in [3.63, 3.8) is 0 Å². The first-order valence-corrected chi connectivity index (χ1v) is 23.6. The number of nitrogens with zero attached hydrogens (tertiary/aromatic N) is 12. The van der Waals surface area contributed by atoms with Gasteiger partial charge in [0.2, 0.25) is 0 Å². The predicted molar refractivity (Wildman–Crippen MR) is 266 cm³/mol. The molecule has 0 spiro atoms. The average molecular weight is 871 g/mol. The summed E-state index contributed by atoms with van der Waals surface area (Å²) in [6.07, 6.45) is 35.8. The second-order valence-electron chi connectivity index (χ2n) is 17.8. The molecule has 13 heterocycles. The van der Waals surface area contributed by atoms with Gasteiger partial charge in [-0.3, -0.25) is 59.9 Å². The maximum atomic E-state index is 5.02. The topological polar surface area (TPSA) is 152 Å². The second kappa shape index (κ2) is 20.8. The van der Waals surface area contributed by atoms with Crippen LogP contribution >= 0.6 is 0 Å². The molecule has 6 aromatic heterocycles. The van der Waals surface area contributed by atoms with E-state index in [2.05, 4.69) is 36.4 Å². The fourth-order valence-corrected chi connectivity index (χ4v) is 9.21. The van der Waals surface area contributed by atoms with Gasteiger partial charge in [-0.05, 0) is 111 Å². The standard InChI is InChI=1S/C54H54N12/c1-2-8-44-43(7-1)55-25-37-13-19-49(61-31-37)51-21-15-39(33-63-51)27-57-45-9-3-4-10-46(45)59-29-41-17-23-53(65-35-41)54-24-18-42(36-66-54)30-60-48-12-6-5-11-47(48)58-28-40-16-22-52(64-34-40)50-20-14-38(26-56-44)32-62-50/h13-36,43-48H,1-12H2/t43-,44-,45-,46-,47-,48-/m1/s1. The van der Waals surface area contributed by atoms with Gasteiger partial charge in [-0.15, -0.1) is 0 Å². The van der Waals surface area contributed by atoms with Gasteiger partial charge in [0, 0.05) is 108 Å². The van der Waals surface area contributed by atoms with E-state index in [1.807, 2.05) is 111 Å². The minimum Gasteiger partial charge on any atom is -0.287 e. The lowest BCUT2D eigenvalue weighted by Gasteiger charge is -2.25. The van der Waals surface area contributed by atoms with Crippen LogP contribution in [0.2, 0.25) is 0 Å². The zero-order valence-corrected chi connectivity index (χ0v) is 37.2. The lowest BCUT2D eigenvalue weighted by Crippen LogP contribution is -2.27. The van der Waals surface area contributed by atoms with E-state index in [0.29, 0.717) is 0 Å². The molecule has 3 fully saturated rings. The summed E-state index contributed by atoms with van der Waals surface area (Å²) in [6, 6.07) is 25.1. The van der Waals surface area contributed by atoms with Gasteiger partial charge in [0.1, 0.15) is 0 Å². The molecular weight excluding hydrogens is 817 g/mol. The van der Waals surface area contributed by atoms with Crippen molar-refractivity contribution < 1.29 is 0 Å². The van der Waals surface area contributed by atoms with Crippen LogP contribution in [-0.2, 0) is 0 Å². The van der Waals surface area contributed by atoms with Crippen molar-refractivity contribution >= 4 is 37.3 Å². The third-order valence-corrected chi connectivity index (χ3v) is 13.1. The highest BCUT2D eigenvalue weighted by Gasteiger charge is 2.25. The minimum atomic E-state index is 0.117. The highest BCUT2D eigenvalue weighted by atomic mass is 14.9. The molecule has 12 nitrogen and oxygen atoms in total. The zero-order chi connectivity index (χ0) is 44.3. The van der Waals surface area contributed by atoms with Crippen molar-refractivity contribution in [2.45, 2.75) is 113 Å². The van der Waals surface area contributed by atoms with E-state index in [1.54, 1.807) is 0 Å². The van der Waals surface area contributed by atoms with E-state index in [-0.39, 0.29) is 36.3 Å². The summed E-state index contributed by atoms with van der Waals surface area (Å²) in [5.74, 6) is 0. The molecule has 0 amide bonds. The zero-order valence-electron chi connectivity index (χ0n) is 37.2. The molecule has 12 heteroatoms. The molecular formula is C54H54N12. The van der Waals surface area contributed by atoms with E-state index >= 15 is 0 Å². The summed E-state index contributed by atoms with van der Waals surface area (Å²) in [4.78, 5) is 58.5. The molecule has 6 aromatic rings. The smallest absolute Gasteiger partial charge is 0.0886 e. The van der Waals surface area contributed by atoms with Crippen LogP contribution in [0, 0.1) is 0 Å². The Kier molecular flexibility index (Phi) is 13.5. The molecule has 3 aliphatic carbocycles. The third kappa shape index (κ3) is 10.9. The van der Waals surface area contributed by atoms with E-state index < -0.39 is 0 Å². The van der Waals surface area contributed by atoms with Gasteiger partial charge in [0.05, 0.1) is 70.4 Å². The number of fused-ring (bicyclic) bond motifs is 6. The van der Waals surface area contributed by atoms with Crippen LogP contribution in [0.3, 0.4) is 0 Å². The van der Waals surface area contributed by atoms with Crippen LogP contribution in [0.15, 0.2) is 140 Å². The highest BCUT2D eigenvalue weighted by molar-refractivity contribution is 5.84. The van der Waals surface area contributed by atoms with Gasteiger partial charge < -0.3 is 0 Å². The fraction of sp³-hybridized carbons (Fsp3) is 0.333. The largest absolute Gasteiger partial charge is 0.287 e. The summed E-state index contributed by atoms with van der Waals surface area (Å²) in [5.41, 5.74) is 10.6. The molecule has 66 heavy (non-hydrogen) atoms. The monoisotopic (exact) mass is 870 g/mol. The third-order valence-electron chi connectivity index (χ3n) is 13.1. The Morgan fingerprint density at radius 1 is 0.227 bits per heavy atom. The van der Waals surface area contributed by atoms with Gasteiger partial charge >= 0.3 is 0 Å². The molecule has 0 N–H and O–H groups in total. The molecule has 16 rings (SSSR count). The van der Waals surface area contributed by atoms with Crippen molar-refractivity contribution in [1.82, 2.24) is 29.9 Å². The molecule has 0 aromatic carbocycles. The molecule has 10 aliphatic rings. The first kappa shape index (κ1) is 42.8. The Bertz CT molecular complexity index is 2210. The number of pyridine rings is 6. The van der Waals surface area contributed by atoms with Gasteiger partial charge in [0.15, 0.2) is 0 Å². The fourth-order valence-electron chi connectivity index (χ4n) is 9.21. The van der Waals surface area contributed by atoms with E-state index in [9.17, 15) is 0 Å². The molecule has 6 atom stereocenters. The predicted octanol–water partition coefficient (Wildman–Crippen LogP) is 9.92. The van der Waals surface area contributed by atoms with Crippen LogP contribution in [-0.4, -0.2) is 103 Å². The Morgan fingerprint density at radius 2 is 0.394 bits per heavy atom. The number of aliphatic imine (C=N–C) groups is 6. The average Bonchev–Trinajstić information content (AvgIpc) is 3.38. The lowest BCUT2D eigenvalue weighted by molar-refractivity contribution is 0.390. The molecule has 3 saturated carbocycles. The normalized spacial score (nSPS) is 23.3. The molecule has 0 unspecified atom stereocenters. The number of aromatic nitrogens is 6. The van der Waals surface area contributed by atoms with Crippen molar-refractivity contribution in [3.8, 4) is 34.2 Å². The van der Waals surface area contributed by atoms with E-state index in [1.165, 1.54) is 0 Å². The van der Waals surface area contributed by atoms with Crippen LogP contribution < -0.4 is 0 Å². The summed E-state index contributed by atoms with van der Waals surface area (Å²) < 4.78 is 0. The van der Waals surface area contributed by atoms with Gasteiger partial charge in [-0.1, -0.05) is 38.5 Å². The van der Waals surface area contributed by atoms with Crippen molar-refractivity contribution in [3.05, 3.63) is 143 Å². The quantitative estimate of drug-likeness (QED) is 0.148. The van der Waals surface area contributed by atoms with Crippen LogP contribution in [0.4, 0.5) is 0 Å². The van der Waals surface area contributed by atoms with Crippen molar-refractivity contribution in [2.24, 2.45) is 30.0 Å². The summed E-state index contributed by atoms with van der Waals surface area (Å²) in [7, 11) is 0. The summed E-state index contributed by atoms with van der Waals surface area (Å²) in [5, 5.41) is 0. The van der Waals surface area contributed by atoms with Gasteiger partial charge in [-0.25, -0.2) is 0 Å². The van der Waals surface area contributed by atoms with Gasteiger partial charge in [0.25, 0.3) is 0 Å². The number of hydrogen-bond acceptors (Lipinski definition) is 12. The number of rotatable bonds is 0. The van der Waals surface area contributed by atoms with E-state index in [0.717, 1.165) is 145 Å². The van der Waals surface area contributed by atoms with Crippen molar-refractivity contribution in [2.75, 3.05) is 0 Å². The maximum absolute atomic E-state index is 5.02. The molecule has 12 bridgehead atoms. The van der Waals surface area contributed by atoms with Gasteiger partial charge in [-0.2, -0.15) is 0 Å². The molecule has 0 saturated heterocycles. The maximum Gasteiger partial charge on any atom is 0.0886 e. The van der Waals surface area contributed by atoms with Crippen LogP contribution in [0.5, 0.6) is 0 Å². The summed E-state index contributed by atoms with van der Waals surface area (Å²) >= 11 is 0. The van der Waals surface area contributed by atoms with Crippen molar-refractivity contribution in [1.29, 1.82) is 0 Å². The first-order valence-electron chi connectivity index (χ1n) is 23.6. The molecule has 7 aliphatic heterocycles. The SMILES string of the molecule is C1=N[C@@H]2CCCC[C@H]2N=Cc2ccc(nc2)-c2ccc(cn2)C=N[C@@H]2CCCC[C@H]2N=Cc2ccc(nc2)-c2ccc(cn2)C=N[C@@H]2CCCC[C@H]2N=Cc2ccc(nc2)-c2ccc1cn2.